The minimum atomic E-state index is -4.50. The van der Waals surface area contributed by atoms with Gasteiger partial charge in [-0.1, -0.05) is 36.1 Å². The van der Waals surface area contributed by atoms with E-state index in [0.717, 1.165) is 28.8 Å². The highest BCUT2D eigenvalue weighted by Crippen LogP contribution is 2.31. The molecule has 0 spiro atoms. The van der Waals surface area contributed by atoms with Crippen molar-refractivity contribution in [1.82, 2.24) is 9.97 Å². The first kappa shape index (κ1) is 24.5. The number of nitrogen functional groups attached to an aromatic ring is 1. The lowest BCUT2D eigenvalue weighted by molar-refractivity contribution is -0.137. The molecule has 38 heavy (non-hydrogen) atoms. The molecule has 0 radical (unpaired) electrons. The molecule has 5 aromatic rings. The smallest absolute Gasteiger partial charge is 0.397 e. The van der Waals surface area contributed by atoms with Gasteiger partial charge in [-0.3, -0.25) is 4.79 Å². The third kappa shape index (κ3) is 5.44. The Morgan fingerprint density at radius 3 is 2.55 bits per heavy atom. The fourth-order valence-electron chi connectivity index (χ4n) is 3.78. The number of nitrogens with zero attached hydrogens (tertiary/aromatic N) is 1. The van der Waals surface area contributed by atoms with Crippen LogP contribution in [0.4, 0.5) is 36.1 Å². The number of alkyl halides is 3. The molecule has 3 aromatic carbocycles. The number of hydrogen-bond donors (Lipinski definition) is 4. The van der Waals surface area contributed by atoms with Crippen molar-refractivity contribution >= 4 is 39.8 Å². The van der Waals surface area contributed by atoms with Crippen LogP contribution in [0, 0.1) is 11.8 Å². The average molecular weight is 512 g/mol. The number of hydrogen-bond acceptors (Lipinski definition) is 4. The fraction of sp³-hybridized carbons (Fsp3) is 0.0345. The van der Waals surface area contributed by atoms with Crippen LogP contribution < -0.4 is 16.4 Å². The first-order chi connectivity index (χ1) is 18.3. The Kier molecular flexibility index (Phi) is 6.46. The number of carbonyl (C=O) groups is 1. The van der Waals surface area contributed by atoms with Gasteiger partial charge in [0.25, 0.3) is 5.91 Å². The van der Waals surface area contributed by atoms with Gasteiger partial charge in [-0.15, -0.1) is 0 Å². The number of aromatic amines is 1. The topological polar surface area (TPSA) is 95.8 Å². The maximum atomic E-state index is 13.0. The first-order valence-corrected chi connectivity index (χ1v) is 11.5. The number of benzene rings is 3. The summed E-state index contributed by atoms with van der Waals surface area (Å²) in [6.45, 7) is 0. The lowest BCUT2D eigenvalue weighted by atomic mass is 10.1. The third-order valence-corrected chi connectivity index (χ3v) is 5.68. The van der Waals surface area contributed by atoms with E-state index in [2.05, 4.69) is 32.4 Å². The molecule has 2 aromatic heterocycles. The zero-order valence-corrected chi connectivity index (χ0v) is 19.7. The second-order valence-corrected chi connectivity index (χ2v) is 8.37. The summed E-state index contributed by atoms with van der Waals surface area (Å²) in [4.78, 5) is 20.3. The normalized spacial score (nSPS) is 11.0. The van der Waals surface area contributed by atoms with Crippen LogP contribution in [0.3, 0.4) is 0 Å². The highest BCUT2D eigenvalue weighted by molar-refractivity contribution is 6.04. The van der Waals surface area contributed by atoms with Gasteiger partial charge in [0.05, 0.1) is 22.5 Å². The van der Waals surface area contributed by atoms with Gasteiger partial charge in [-0.05, 0) is 60.7 Å². The SMILES string of the molecule is Nc1ccccc1Nc1ccc2c(C#Cc3cccc(C(=O)Nc4cccc(C(F)(F)F)c4)c3)c[nH]c2n1. The predicted octanol–water partition coefficient (Wildman–Crippen LogP) is 6.56. The summed E-state index contributed by atoms with van der Waals surface area (Å²) < 4.78 is 38.9. The van der Waals surface area contributed by atoms with E-state index in [-0.39, 0.29) is 11.3 Å². The van der Waals surface area contributed by atoms with E-state index in [1.807, 2.05) is 30.3 Å². The van der Waals surface area contributed by atoms with Crippen LogP contribution >= 0.6 is 0 Å². The number of nitrogens with one attached hydrogen (secondary N) is 3. The molecule has 2 heterocycles. The van der Waals surface area contributed by atoms with Gasteiger partial charge in [0.1, 0.15) is 11.5 Å². The highest BCUT2D eigenvalue weighted by Gasteiger charge is 2.30. The number of H-pyrrole nitrogens is 1. The molecule has 0 aliphatic rings. The Hall–Kier alpha value is -5.23. The lowest BCUT2D eigenvalue weighted by Crippen LogP contribution is -2.13. The second kappa shape index (κ2) is 10.0. The van der Waals surface area contributed by atoms with E-state index in [1.165, 1.54) is 12.1 Å². The summed E-state index contributed by atoms with van der Waals surface area (Å²) in [5.74, 6) is 6.20. The Morgan fingerprint density at radius 2 is 1.74 bits per heavy atom. The monoisotopic (exact) mass is 511 g/mol. The lowest BCUT2D eigenvalue weighted by Gasteiger charge is -2.10. The molecule has 0 aliphatic carbocycles. The molecule has 0 saturated carbocycles. The third-order valence-electron chi connectivity index (χ3n) is 5.68. The molecule has 0 unspecified atom stereocenters. The number of pyridine rings is 1. The highest BCUT2D eigenvalue weighted by atomic mass is 19.4. The standard InChI is InChI=1S/C29H20F3N5O/c30-29(31,32)21-7-4-8-22(16-21)35-28(38)19-6-3-5-18(15-19)11-12-20-17-34-27-23(20)13-14-26(37-27)36-25-10-2-1-9-24(25)33/h1-10,13-17H,33H2,(H,35,38)(H2,34,36,37). The van der Waals surface area contributed by atoms with Gasteiger partial charge >= 0.3 is 6.18 Å². The average Bonchev–Trinajstić information content (AvgIpc) is 3.31. The second-order valence-electron chi connectivity index (χ2n) is 8.37. The summed E-state index contributed by atoms with van der Waals surface area (Å²) in [7, 11) is 0. The van der Waals surface area contributed by atoms with Crippen LogP contribution in [0.25, 0.3) is 11.0 Å². The summed E-state index contributed by atoms with van der Waals surface area (Å²) in [6, 6.07) is 22.1. The maximum Gasteiger partial charge on any atom is 0.416 e. The predicted molar refractivity (Wildman–Crippen MR) is 142 cm³/mol. The number of rotatable bonds is 4. The van der Waals surface area contributed by atoms with Crippen molar-refractivity contribution in [2.24, 2.45) is 0 Å². The molecule has 5 N–H and O–H groups in total. The molecule has 9 heteroatoms. The molecule has 0 bridgehead atoms. The number of para-hydroxylation sites is 2. The number of nitrogens with two attached hydrogens (primary N) is 1. The quantitative estimate of drug-likeness (QED) is 0.162. The van der Waals surface area contributed by atoms with E-state index in [9.17, 15) is 18.0 Å². The van der Waals surface area contributed by atoms with Crippen molar-refractivity contribution in [1.29, 1.82) is 0 Å². The Morgan fingerprint density at radius 1 is 0.921 bits per heavy atom. The van der Waals surface area contributed by atoms with Gasteiger partial charge < -0.3 is 21.4 Å². The number of carbonyl (C=O) groups excluding carboxylic acids is 1. The molecular weight excluding hydrogens is 491 g/mol. The zero-order chi connectivity index (χ0) is 26.7. The zero-order valence-electron chi connectivity index (χ0n) is 19.7. The van der Waals surface area contributed by atoms with Gasteiger partial charge in [-0.25, -0.2) is 4.98 Å². The minimum Gasteiger partial charge on any atom is -0.397 e. The number of anilines is 4. The molecule has 1 amide bonds. The van der Waals surface area contributed by atoms with Crippen molar-refractivity contribution in [3.8, 4) is 11.8 Å². The van der Waals surface area contributed by atoms with Crippen molar-refractivity contribution in [2.75, 3.05) is 16.4 Å². The summed E-state index contributed by atoms with van der Waals surface area (Å²) in [5, 5.41) is 6.52. The van der Waals surface area contributed by atoms with Crippen LogP contribution in [0.1, 0.15) is 27.0 Å². The van der Waals surface area contributed by atoms with Crippen molar-refractivity contribution in [2.45, 2.75) is 6.18 Å². The largest absolute Gasteiger partial charge is 0.416 e. The molecule has 188 valence electrons. The Labute approximate surface area is 215 Å². The van der Waals surface area contributed by atoms with E-state index in [0.29, 0.717) is 22.7 Å². The summed E-state index contributed by atoms with van der Waals surface area (Å²) >= 11 is 0. The van der Waals surface area contributed by atoms with Gasteiger partial charge in [0.2, 0.25) is 0 Å². The summed E-state index contributed by atoms with van der Waals surface area (Å²) in [5.41, 5.74) is 8.77. The van der Waals surface area contributed by atoms with Crippen LogP contribution in [0.15, 0.2) is 91.1 Å². The van der Waals surface area contributed by atoms with Crippen molar-refractivity contribution in [3.05, 3.63) is 113 Å². The van der Waals surface area contributed by atoms with Gasteiger partial charge in [0, 0.05) is 28.4 Å². The molecule has 6 nitrogen and oxygen atoms in total. The maximum absolute atomic E-state index is 13.0. The Balaban J connectivity index is 1.32. The molecular formula is C29H20F3N5O. The molecule has 0 aliphatic heterocycles. The number of amides is 1. The first-order valence-electron chi connectivity index (χ1n) is 11.5. The number of fused-ring (bicyclic) bond motifs is 1. The Bertz CT molecular complexity index is 1710. The van der Waals surface area contributed by atoms with Gasteiger partial charge in [0.15, 0.2) is 0 Å². The minimum absolute atomic E-state index is 0.0522. The number of halogens is 3. The van der Waals surface area contributed by atoms with E-state index in [1.54, 1.807) is 36.5 Å². The van der Waals surface area contributed by atoms with Crippen LogP contribution in [0.2, 0.25) is 0 Å². The van der Waals surface area contributed by atoms with E-state index >= 15 is 0 Å². The molecule has 0 atom stereocenters. The van der Waals surface area contributed by atoms with E-state index < -0.39 is 17.6 Å². The fourth-order valence-corrected chi connectivity index (χ4v) is 3.78. The molecule has 0 saturated heterocycles. The van der Waals surface area contributed by atoms with Gasteiger partial charge in [-0.2, -0.15) is 13.2 Å². The van der Waals surface area contributed by atoms with Crippen molar-refractivity contribution in [3.63, 3.8) is 0 Å². The number of aromatic nitrogens is 2. The van der Waals surface area contributed by atoms with Crippen LogP contribution in [-0.4, -0.2) is 15.9 Å². The van der Waals surface area contributed by atoms with E-state index in [4.69, 9.17) is 5.73 Å². The van der Waals surface area contributed by atoms with Crippen LogP contribution in [-0.2, 0) is 6.18 Å². The van der Waals surface area contributed by atoms with Crippen molar-refractivity contribution < 1.29 is 18.0 Å². The molecule has 0 fully saturated rings. The molecule has 5 rings (SSSR count). The summed E-state index contributed by atoms with van der Waals surface area (Å²) in [6.07, 6.45) is -2.75. The van der Waals surface area contributed by atoms with Crippen LogP contribution in [0.5, 0.6) is 0 Å².